The lowest BCUT2D eigenvalue weighted by Gasteiger charge is -2.28. The highest BCUT2D eigenvalue weighted by molar-refractivity contribution is 5.80. The van der Waals surface area contributed by atoms with E-state index >= 15 is 0 Å². The first kappa shape index (κ1) is 15.2. The molecule has 0 saturated carbocycles. The van der Waals surface area contributed by atoms with Crippen LogP contribution in [0.5, 0.6) is 0 Å². The van der Waals surface area contributed by atoms with E-state index in [2.05, 4.69) is 4.98 Å². The van der Waals surface area contributed by atoms with Crippen LogP contribution in [-0.4, -0.2) is 27.8 Å². The molecule has 1 aromatic heterocycles. The zero-order chi connectivity index (χ0) is 15.7. The van der Waals surface area contributed by atoms with E-state index in [0.29, 0.717) is 18.1 Å². The van der Waals surface area contributed by atoms with Crippen LogP contribution >= 0.6 is 0 Å². The molecule has 0 spiro atoms. The average Bonchev–Trinajstić information content (AvgIpc) is 2.43. The van der Waals surface area contributed by atoms with Crippen LogP contribution in [0.25, 0.3) is 10.9 Å². The molecule has 0 radical (unpaired) electrons. The van der Waals surface area contributed by atoms with E-state index in [-0.39, 0.29) is 6.54 Å². The molecule has 1 atom stereocenters. The molecule has 0 amide bonds. The summed E-state index contributed by atoms with van der Waals surface area (Å²) in [7, 11) is 0. The Bertz CT molecular complexity index is 673. The highest BCUT2D eigenvalue weighted by Crippen LogP contribution is 2.30. The number of rotatable bonds is 4. The van der Waals surface area contributed by atoms with Gasteiger partial charge in [-0.05, 0) is 19.1 Å². The van der Waals surface area contributed by atoms with E-state index in [1.54, 1.807) is 24.3 Å². The number of pyridine rings is 1. The summed E-state index contributed by atoms with van der Waals surface area (Å²) in [6, 6.07) is 10.4. The summed E-state index contributed by atoms with van der Waals surface area (Å²) in [6.07, 6.45) is -4.91. The number of benzene rings is 1. The fourth-order valence-corrected chi connectivity index (χ4v) is 1.77. The number of hydrogen-bond donors (Lipinski definition) is 2. The Balaban J connectivity index is 2.22. The topological polar surface area (TPSA) is 62.2 Å². The Morgan fingerprint density at radius 1 is 1.24 bits per heavy atom. The lowest BCUT2D eigenvalue weighted by atomic mass is 10.0. The van der Waals surface area contributed by atoms with E-state index in [1.165, 1.54) is 0 Å². The van der Waals surface area contributed by atoms with Crippen LogP contribution in [0.2, 0.25) is 0 Å². The van der Waals surface area contributed by atoms with Crippen LogP contribution in [0.1, 0.15) is 12.6 Å². The first-order valence-corrected chi connectivity index (χ1v) is 6.14. The van der Waals surface area contributed by atoms with Crippen LogP contribution in [0.4, 0.5) is 13.2 Å². The largest absolute Gasteiger partial charge is 0.480 e. The molecule has 1 heterocycles. The van der Waals surface area contributed by atoms with Gasteiger partial charge in [0.25, 0.3) is 0 Å². The molecule has 112 valence electrons. The maximum Gasteiger partial charge on any atom is 0.417 e. The van der Waals surface area contributed by atoms with Crippen molar-refractivity contribution < 1.29 is 23.1 Å². The van der Waals surface area contributed by atoms with Crippen molar-refractivity contribution in [3.63, 3.8) is 0 Å². The van der Waals surface area contributed by atoms with Crippen molar-refractivity contribution in [2.45, 2.75) is 25.2 Å². The molecule has 7 heteroatoms. The van der Waals surface area contributed by atoms with E-state index in [4.69, 9.17) is 5.11 Å². The minimum atomic E-state index is -4.91. The fourth-order valence-electron chi connectivity index (χ4n) is 1.77. The first-order chi connectivity index (χ1) is 9.74. The molecule has 4 nitrogen and oxygen atoms in total. The second-order valence-corrected chi connectivity index (χ2v) is 4.78. The third kappa shape index (κ3) is 2.97. The standard InChI is InChI=1S/C14H13F3N2O2/c1-13(12(20)21,14(15,16)17)18-8-10-7-6-9-4-2-3-5-11(9)19-10/h2-7,18H,8H2,1H3,(H,20,21). The molecular formula is C14H13F3N2O2. The van der Waals surface area contributed by atoms with Gasteiger partial charge in [-0.15, -0.1) is 0 Å². The molecule has 2 N–H and O–H groups in total. The van der Waals surface area contributed by atoms with Gasteiger partial charge >= 0.3 is 12.1 Å². The number of fused-ring (bicyclic) bond motifs is 1. The van der Waals surface area contributed by atoms with Gasteiger partial charge in [-0.25, -0.2) is 4.79 Å². The number of carboxylic acid groups (broad SMARTS) is 1. The van der Waals surface area contributed by atoms with Crippen molar-refractivity contribution >= 4 is 16.9 Å². The van der Waals surface area contributed by atoms with Gasteiger partial charge < -0.3 is 5.11 Å². The molecule has 2 rings (SSSR count). The fraction of sp³-hybridized carbons (Fsp3) is 0.286. The first-order valence-electron chi connectivity index (χ1n) is 6.14. The highest BCUT2D eigenvalue weighted by Gasteiger charge is 2.57. The Morgan fingerprint density at radius 3 is 2.52 bits per heavy atom. The zero-order valence-corrected chi connectivity index (χ0v) is 11.1. The number of alkyl halides is 3. The Labute approximate surface area is 118 Å². The monoisotopic (exact) mass is 298 g/mol. The molecule has 0 bridgehead atoms. The van der Waals surface area contributed by atoms with E-state index in [9.17, 15) is 18.0 Å². The molecule has 0 aliphatic rings. The quantitative estimate of drug-likeness (QED) is 0.911. The van der Waals surface area contributed by atoms with Crippen LogP contribution in [0.3, 0.4) is 0 Å². The summed E-state index contributed by atoms with van der Waals surface area (Å²) in [4.78, 5) is 15.1. The molecule has 21 heavy (non-hydrogen) atoms. The van der Waals surface area contributed by atoms with Gasteiger partial charge in [0, 0.05) is 11.9 Å². The number of carboxylic acids is 1. The van der Waals surface area contributed by atoms with Crippen molar-refractivity contribution in [1.82, 2.24) is 10.3 Å². The lowest BCUT2D eigenvalue weighted by molar-refractivity contribution is -0.206. The van der Waals surface area contributed by atoms with Crippen LogP contribution < -0.4 is 5.32 Å². The number of nitrogens with zero attached hydrogens (tertiary/aromatic N) is 1. The number of hydrogen-bond acceptors (Lipinski definition) is 3. The molecule has 0 saturated heterocycles. The van der Waals surface area contributed by atoms with Gasteiger partial charge in [-0.3, -0.25) is 10.3 Å². The summed E-state index contributed by atoms with van der Waals surface area (Å²) in [6.45, 7) is 0.295. The molecule has 1 unspecified atom stereocenters. The smallest absolute Gasteiger partial charge is 0.417 e. The lowest BCUT2D eigenvalue weighted by Crippen LogP contribution is -2.59. The van der Waals surface area contributed by atoms with Crippen LogP contribution in [-0.2, 0) is 11.3 Å². The second-order valence-electron chi connectivity index (χ2n) is 4.78. The van der Waals surface area contributed by atoms with Crippen molar-refractivity contribution in [2.75, 3.05) is 0 Å². The van der Waals surface area contributed by atoms with Gasteiger partial charge in [0.2, 0.25) is 5.54 Å². The Morgan fingerprint density at radius 2 is 1.90 bits per heavy atom. The number of nitrogens with one attached hydrogen (secondary N) is 1. The molecular weight excluding hydrogens is 285 g/mol. The summed E-state index contributed by atoms with van der Waals surface area (Å²) in [5.41, 5.74) is -2.04. The van der Waals surface area contributed by atoms with Gasteiger partial charge in [-0.2, -0.15) is 13.2 Å². The van der Waals surface area contributed by atoms with E-state index in [0.717, 1.165) is 5.39 Å². The average molecular weight is 298 g/mol. The third-order valence-corrected chi connectivity index (χ3v) is 3.27. The van der Waals surface area contributed by atoms with Gasteiger partial charge in [0.05, 0.1) is 11.2 Å². The molecule has 0 aliphatic carbocycles. The van der Waals surface area contributed by atoms with Gasteiger partial charge in [-0.1, -0.05) is 24.3 Å². The maximum absolute atomic E-state index is 12.8. The number of para-hydroxylation sites is 1. The van der Waals surface area contributed by atoms with E-state index < -0.39 is 17.7 Å². The molecule has 0 aliphatic heterocycles. The second kappa shape index (κ2) is 5.33. The van der Waals surface area contributed by atoms with Crippen molar-refractivity contribution in [1.29, 1.82) is 0 Å². The minimum Gasteiger partial charge on any atom is -0.480 e. The number of aromatic nitrogens is 1. The summed E-state index contributed by atoms with van der Waals surface area (Å²) < 4.78 is 38.5. The van der Waals surface area contributed by atoms with Gasteiger partial charge in [0.1, 0.15) is 0 Å². The summed E-state index contributed by atoms with van der Waals surface area (Å²) in [5.74, 6) is -1.98. The number of aliphatic carboxylic acids is 1. The predicted octanol–water partition coefficient (Wildman–Crippen LogP) is 2.73. The maximum atomic E-state index is 12.8. The minimum absolute atomic E-state index is 0.298. The van der Waals surface area contributed by atoms with Crippen molar-refractivity contribution in [3.05, 3.63) is 42.1 Å². The Kier molecular flexibility index (Phi) is 3.87. The SMILES string of the molecule is CC(NCc1ccc2ccccc2n1)(C(=O)O)C(F)(F)F. The molecule has 1 aromatic carbocycles. The van der Waals surface area contributed by atoms with Gasteiger partial charge in [0.15, 0.2) is 0 Å². The van der Waals surface area contributed by atoms with Crippen molar-refractivity contribution in [2.24, 2.45) is 0 Å². The summed E-state index contributed by atoms with van der Waals surface area (Å²) >= 11 is 0. The summed E-state index contributed by atoms with van der Waals surface area (Å²) in [5, 5.41) is 11.7. The molecule has 2 aromatic rings. The predicted molar refractivity (Wildman–Crippen MR) is 70.7 cm³/mol. The highest BCUT2D eigenvalue weighted by atomic mass is 19.4. The third-order valence-electron chi connectivity index (χ3n) is 3.27. The zero-order valence-electron chi connectivity index (χ0n) is 11.1. The van der Waals surface area contributed by atoms with Crippen LogP contribution in [0, 0.1) is 0 Å². The molecule has 0 fully saturated rings. The number of carbonyl (C=O) groups is 1. The number of halogens is 3. The van der Waals surface area contributed by atoms with Crippen molar-refractivity contribution in [3.8, 4) is 0 Å². The normalized spacial score (nSPS) is 14.9. The van der Waals surface area contributed by atoms with E-state index in [1.807, 2.05) is 17.4 Å². The van der Waals surface area contributed by atoms with Crippen LogP contribution in [0.15, 0.2) is 36.4 Å². The Hall–Kier alpha value is -2.15.